The number of benzene rings is 1. The van der Waals surface area contributed by atoms with Crippen LogP contribution in [0.25, 0.3) is 0 Å². The molecule has 7 heteroatoms. The molecule has 1 heterocycles. The third-order valence-corrected chi connectivity index (χ3v) is 3.63. The summed E-state index contributed by atoms with van der Waals surface area (Å²) in [6.07, 6.45) is 0.683. The number of hydrogen-bond donors (Lipinski definition) is 2. The lowest BCUT2D eigenvalue weighted by atomic mass is 10.1. The molecular weight excluding hydrogens is 347 g/mol. The predicted octanol–water partition coefficient (Wildman–Crippen LogP) is 3.80. The van der Waals surface area contributed by atoms with Crippen molar-refractivity contribution in [1.82, 2.24) is 10.6 Å². The highest BCUT2D eigenvalue weighted by Gasteiger charge is 2.34. The number of hydrogen-bond acceptors (Lipinski definition) is 3. The summed E-state index contributed by atoms with van der Waals surface area (Å²) in [6.45, 7) is 2.26. The second-order valence-corrected chi connectivity index (χ2v) is 7.14. The molecule has 2 rings (SSSR count). The van der Waals surface area contributed by atoms with Crippen molar-refractivity contribution in [2.45, 2.75) is 23.4 Å². The first kappa shape index (κ1) is 17.2. The maximum Gasteiger partial charge on any atom is 0.252 e. The summed E-state index contributed by atoms with van der Waals surface area (Å²) in [7, 11) is 0. The number of aryl methyl sites for hydroxylation is 1. The molecule has 0 radical (unpaired) electrons. The molecule has 1 aromatic carbocycles. The van der Waals surface area contributed by atoms with Crippen molar-refractivity contribution in [1.29, 1.82) is 0 Å². The minimum atomic E-state index is -1.70. The number of carbonyl (C=O) groups excluding carboxylic acids is 1. The van der Waals surface area contributed by atoms with Gasteiger partial charge in [0.15, 0.2) is 0 Å². The number of amides is 1. The standard InChI is InChI=1S/C15H15Cl3N2O2/c1-10-4-6-11(7-5-10)13(21)20-14(15(16,17)18)19-9-12-3-2-8-22-12/h2-8,14,19H,9H2,1H3,(H,20,21)/t14-/m1/s1. The fraction of sp³-hybridized carbons (Fsp3) is 0.267. The van der Waals surface area contributed by atoms with Gasteiger partial charge < -0.3 is 9.73 Å². The van der Waals surface area contributed by atoms with E-state index in [1.54, 1.807) is 30.5 Å². The Bertz CT molecular complexity index is 607. The zero-order chi connectivity index (χ0) is 16.2. The third kappa shape index (κ3) is 4.92. The van der Waals surface area contributed by atoms with E-state index in [1.165, 1.54) is 0 Å². The highest BCUT2D eigenvalue weighted by molar-refractivity contribution is 6.68. The average molecular weight is 362 g/mol. The monoisotopic (exact) mass is 360 g/mol. The number of halogens is 3. The maximum atomic E-state index is 12.2. The Kier molecular flexibility index (Phi) is 5.75. The van der Waals surface area contributed by atoms with E-state index in [-0.39, 0.29) is 5.91 Å². The topological polar surface area (TPSA) is 54.3 Å². The van der Waals surface area contributed by atoms with Crippen LogP contribution in [0, 0.1) is 6.92 Å². The van der Waals surface area contributed by atoms with Gasteiger partial charge in [-0.05, 0) is 31.2 Å². The minimum absolute atomic E-state index is 0.319. The van der Waals surface area contributed by atoms with E-state index in [1.807, 2.05) is 19.1 Å². The summed E-state index contributed by atoms with van der Waals surface area (Å²) in [5.41, 5.74) is 1.55. The summed E-state index contributed by atoms with van der Waals surface area (Å²) >= 11 is 17.8. The minimum Gasteiger partial charge on any atom is -0.468 e. The Labute approximate surface area is 143 Å². The summed E-state index contributed by atoms with van der Waals surface area (Å²) in [6, 6.07) is 10.7. The van der Waals surface area contributed by atoms with Crippen LogP contribution in [0.2, 0.25) is 0 Å². The Morgan fingerprint density at radius 3 is 2.45 bits per heavy atom. The van der Waals surface area contributed by atoms with Crippen molar-refractivity contribution >= 4 is 40.7 Å². The van der Waals surface area contributed by atoms with Crippen LogP contribution in [0.15, 0.2) is 47.1 Å². The molecular formula is C15H15Cl3N2O2. The Balaban J connectivity index is 2.03. The first-order chi connectivity index (χ1) is 10.4. The van der Waals surface area contributed by atoms with E-state index in [0.29, 0.717) is 17.9 Å². The molecule has 0 saturated heterocycles. The average Bonchev–Trinajstić information content (AvgIpc) is 2.96. The van der Waals surface area contributed by atoms with E-state index >= 15 is 0 Å². The van der Waals surface area contributed by atoms with Crippen molar-refractivity contribution in [2.75, 3.05) is 0 Å². The molecule has 0 aliphatic carbocycles. The van der Waals surface area contributed by atoms with E-state index in [2.05, 4.69) is 10.6 Å². The van der Waals surface area contributed by atoms with Gasteiger partial charge in [-0.2, -0.15) is 0 Å². The zero-order valence-electron chi connectivity index (χ0n) is 11.8. The number of nitrogens with one attached hydrogen (secondary N) is 2. The molecule has 4 nitrogen and oxygen atoms in total. The first-order valence-corrected chi connectivity index (χ1v) is 7.69. The van der Waals surface area contributed by atoms with Gasteiger partial charge in [-0.1, -0.05) is 52.5 Å². The molecule has 0 saturated carbocycles. The SMILES string of the molecule is Cc1ccc(C(=O)N[C@@H](NCc2ccco2)C(Cl)(Cl)Cl)cc1. The molecule has 2 N–H and O–H groups in total. The van der Waals surface area contributed by atoms with Gasteiger partial charge in [0.05, 0.1) is 12.8 Å². The lowest BCUT2D eigenvalue weighted by Crippen LogP contribution is -2.53. The second-order valence-electron chi connectivity index (χ2n) is 4.77. The highest BCUT2D eigenvalue weighted by Crippen LogP contribution is 2.29. The smallest absolute Gasteiger partial charge is 0.252 e. The van der Waals surface area contributed by atoms with Gasteiger partial charge >= 0.3 is 0 Å². The molecule has 1 amide bonds. The normalized spacial score (nSPS) is 12.9. The summed E-state index contributed by atoms with van der Waals surface area (Å²) in [5, 5.41) is 5.62. The van der Waals surface area contributed by atoms with Gasteiger partial charge in [0, 0.05) is 5.56 Å². The van der Waals surface area contributed by atoms with Crippen LogP contribution in [0.3, 0.4) is 0 Å². The Morgan fingerprint density at radius 2 is 1.91 bits per heavy atom. The molecule has 0 aliphatic heterocycles. The quantitative estimate of drug-likeness (QED) is 0.629. The molecule has 22 heavy (non-hydrogen) atoms. The van der Waals surface area contributed by atoms with Crippen LogP contribution in [0.1, 0.15) is 21.7 Å². The molecule has 1 atom stereocenters. The lowest BCUT2D eigenvalue weighted by molar-refractivity contribution is 0.0928. The lowest BCUT2D eigenvalue weighted by Gasteiger charge is -2.26. The summed E-state index contributed by atoms with van der Waals surface area (Å²) in [5.74, 6) is 0.340. The van der Waals surface area contributed by atoms with Crippen LogP contribution >= 0.6 is 34.8 Å². The zero-order valence-corrected chi connectivity index (χ0v) is 14.0. The molecule has 118 valence electrons. The molecule has 0 aliphatic rings. The van der Waals surface area contributed by atoms with Crippen LogP contribution in [-0.2, 0) is 6.54 Å². The van der Waals surface area contributed by atoms with E-state index in [0.717, 1.165) is 5.56 Å². The Hall–Kier alpha value is -1.20. The van der Waals surface area contributed by atoms with Crippen LogP contribution < -0.4 is 10.6 Å². The second kappa shape index (κ2) is 7.38. The molecule has 0 unspecified atom stereocenters. The van der Waals surface area contributed by atoms with Crippen molar-refractivity contribution < 1.29 is 9.21 Å². The fourth-order valence-corrected chi connectivity index (χ4v) is 2.18. The van der Waals surface area contributed by atoms with Crippen molar-refractivity contribution in [3.63, 3.8) is 0 Å². The van der Waals surface area contributed by atoms with Crippen LogP contribution in [0.5, 0.6) is 0 Å². The first-order valence-electron chi connectivity index (χ1n) is 6.56. The summed E-state index contributed by atoms with van der Waals surface area (Å²) in [4.78, 5) is 12.2. The van der Waals surface area contributed by atoms with Crippen LogP contribution in [-0.4, -0.2) is 15.9 Å². The van der Waals surface area contributed by atoms with Crippen molar-refractivity contribution in [2.24, 2.45) is 0 Å². The van der Waals surface area contributed by atoms with Gasteiger partial charge in [-0.25, -0.2) is 0 Å². The van der Waals surface area contributed by atoms with Gasteiger partial charge in [0.1, 0.15) is 11.9 Å². The van der Waals surface area contributed by atoms with Gasteiger partial charge in [0.25, 0.3) is 5.91 Å². The predicted molar refractivity (Wildman–Crippen MR) is 88.3 cm³/mol. The third-order valence-electron chi connectivity index (χ3n) is 2.98. The molecule has 0 fully saturated rings. The number of alkyl halides is 3. The van der Waals surface area contributed by atoms with Gasteiger partial charge in [-0.15, -0.1) is 0 Å². The van der Waals surface area contributed by atoms with Crippen molar-refractivity contribution in [3.8, 4) is 0 Å². The summed E-state index contributed by atoms with van der Waals surface area (Å²) < 4.78 is 3.49. The number of rotatable bonds is 5. The highest BCUT2D eigenvalue weighted by atomic mass is 35.6. The van der Waals surface area contributed by atoms with E-state index < -0.39 is 9.96 Å². The Morgan fingerprint density at radius 1 is 1.23 bits per heavy atom. The van der Waals surface area contributed by atoms with Crippen LogP contribution in [0.4, 0.5) is 0 Å². The maximum absolute atomic E-state index is 12.2. The largest absolute Gasteiger partial charge is 0.468 e. The number of furan rings is 1. The van der Waals surface area contributed by atoms with Crippen molar-refractivity contribution in [3.05, 3.63) is 59.5 Å². The van der Waals surface area contributed by atoms with Gasteiger partial charge in [0.2, 0.25) is 3.79 Å². The van der Waals surface area contributed by atoms with E-state index in [4.69, 9.17) is 39.2 Å². The molecule has 0 spiro atoms. The molecule has 0 bridgehead atoms. The fourth-order valence-electron chi connectivity index (χ4n) is 1.78. The molecule has 2 aromatic rings. The number of carbonyl (C=O) groups is 1. The molecule has 1 aromatic heterocycles. The van der Waals surface area contributed by atoms with E-state index in [9.17, 15) is 4.79 Å². The van der Waals surface area contributed by atoms with Gasteiger partial charge in [-0.3, -0.25) is 10.1 Å².